The summed E-state index contributed by atoms with van der Waals surface area (Å²) in [5.41, 5.74) is -0.288. The zero-order chi connectivity index (χ0) is 37.6. The number of urea groups is 1. The summed E-state index contributed by atoms with van der Waals surface area (Å²) in [6.07, 6.45) is 2.81. The number of ketones is 1. The van der Waals surface area contributed by atoms with E-state index in [1.54, 1.807) is 18.0 Å². The number of fused-ring (bicyclic) bond motifs is 1. The fourth-order valence-electron chi connectivity index (χ4n) is 6.73. The molecule has 276 valence electrons. The highest BCUT2D eigenvalue weighted by Crippen LogP contribution is 2.65. The van der Waals surface area contributed by atoms with Crippen molar-refractivity contribution < 1.29 is 28.8 Å². The Balaban J connectivity index is 1.67. The number of hydrogen-bond donors (Lipinski definition) is 4. The van der Waals surface area contributed by atoms with E-state index in [-0.39, 0.29) is 48.5 Å². The highest BCUT2D eigenvalue weighted by Gasteiger charge is 2.70. The molecule has 3 rings (SSSR count). The standard InChI is InChI=1S/C38H58N6O6/c1-11-12-18-26(30(46)33(48)39-21-19-27(45)43(10)22-20-24-16-14-13-15-17-24)40-32(47)29-28-25(38(28,8)9)23-44(29)34(49)31(36(2,3)4)41-35(50)42-37(5,6)7/h11,13-17,25-26,28-29,31H,1,12,18-23H2,2-10H3,(H,39,48)(H,40,47)(H2,41,42,50)/t25-,26?,28-,29-,31+/m0/s1. The highest BCUT2D eigenvalue weighted by molar-refractivity contribution is 6.38. The first kappa shape index (κ1) is 40.2. The Hall–Kier alpha value is -4.22. The van der Waals surface area contributed by atoms with Crippen molar-refractivity contribution in [1.82, 2.24) is 31.1 Å². The van der Waals surface area contributed by atoms with Crippen molar-refractivity contribution in [3.05, 3.63) is 48.6 Å². The van der Waals surface area contributed by atoms with Crippen LogP contribution in [0.25, 0.3) is 0 Å². The number of piperidine rings is 1. The Morgan fingerprint density at radius 3 is 2.24 bits per heavy atom. The van der Waals surface area contributed by atoms with Crippen LogP contribution in [0.3, 0.4) is 0 Å². The van der Waals surface area contributed by atoms with Crippen LogP contribution in [0.5, 0.6) is 0 Å². The number of nitrogens with one attached hydrogen (secondary N) is 4. The van der Waals surface area contributed by atoms with E-state index in [1.807, 2.05) is 71.9 Å². The molecule has 4 N–H and O–H groups in total. The normalized spacial score (nSPS) is 20.4. The number of carbonyl (C=O) groups excluding carboxylic acids is 6. The first-order chi connectivity index (χ1) is 23.2. The number of allylic oxidation sites excluding steroid dienone is 1. The molecule has 5 atom stereocenters. The van der Waals surface area contributed by atoms with Crippen molar-refractivity contribution in [3.8, 4) is 0 Å². The molecular weight excluding hydrogens is 636 g/mol. The Kier molecular flexibility index (Phi) is 13.0. The molecule has 0 aromatic heterocycles. The average Bonchev–Trinajstić information content (AvgIpc) is 3.33. The lowest BCUT2D eigenvalue weighted by atomic mass is 9.85. The molecule has 1 aliphatic carbocycles. The van der Waals surface area contributed by atoms with E-state index in [9.17, 15) is 28.8 Å². The summed E-state index contributed by atoms with van der Waals surface area (Å²) in [5.74, 6) is -2.88. The van der Waals surface area contributed by atoms with Gasteiger partial charge in [0.1, 0.15) is 12.1 Å². The molecule has 12 heteroatoms. The Morgan fingerprint density at radius 2 is 1.66 bits per heavy atom. The number of likely N-dealkylation sites (N-methyl/N-ethyl adjacent to an activating group) is 1. The molecule has 6 amide bonds. The van der Waals surface area contributed by atoms with Crippen molar-refractivity contribution in [2.24, 2.45) is 22.7 Å². The molecule has 12 nitrogen and oxygen atoms in total. The Labute approximate surface area is 297 Å². The van der Waals surface area contributed by atoms with Gasteiger partial charge in [0, 0.05) is 38.6 Å². The lowest BCUT2D eigenvalue weighted by molar-refractivity contribution is -0.145. The van der Waals surface area contributed by atoms with Crippen LogP contribution in [0.15, 0.2) is 43.0 Å². The maximum absolute atomic E-state index is 14.1. The molecule has 2 aliphatic rings. The Morgan fingerprint density at radius 1 is 1.02 bits per heavy atom. The largest absolute Gasteiger partial charge is 0.349 e. The van der Waals surface area contributed by atoms with Crippen LogP contribution in [0.1, 0.15) is 80.2 Å². The zero-order valence-corrected chi connectivity index (χ0v) is 31.4. The van der Waals surface area contributed by atoms with E-state index in [0.29, 0.717) is 25.9 Å². The first-order valence-electron chi connectivity index (χ1n) is 17.6. The molecule has 1 saturated carbocycles. The molecule has 0 radical (unpaired) electrons. The third-order valence-electron chi connectivity index (χ3n) is 9.78. The van der Waals surface area contributed by atoms with E-state index in [1.165, 1.54) is 4.90 Å². The molecule has 1 heterocycles. The van der Waals surface area contributed by atoms with Crippen molar-refractivity contribution >= 4 is 35.4 Å². The molecule has 1 saturated heterocycles. The molecule has 0 spiro atoms. The Bertz CT molecular complexity index is 1430. The highest BCUT2D eigenvalue weighted by atomic mass is 16.2. The van der Waals surface area contributed by atoms with Gasteiger partial charge in [-0.2, -0.15) is 0 Å². The lowest BCUT2D eigenvalue weighted by Gasteiger charge is -2.38. The monoisotopic (exact) mass is 694 g/mol. The minimum atomic E-state index is -1.16. The van der Waals surface area contributed by atoms with E-state index >= 15 is 0 Å². The van der Waals surface area contributed by atoms with Gasteiger partial charge in [-0.1, -0.05) is 71.0 Å². The average molecular weight is 695 g/mol. The maximum Gasteiger partial charge on any atom is 0.315 e. The number of nitrogens with zero attached hydrogens (tertiary/aromatic N) is 2. The van der Waals surface area contributed by atoms with E-state index in [0.717, 1.165) is 5.56 Å². The molecule has 1 unspecified atom stereocenters. The summed E-state index contributed by atoms with van der Waals surface area (Å²) >= 11 is 0. The van der Waals surface area contributed by atoms with E-state index in [2.05, 4.69) is 41.7 Å². The van der Waals surface area contributed by atoms with Crippen LogP contribution < -0.4 is 21.3 Å². The van der Waals surface area contributed by atoms with Gasteiger partial charge in [-0.15, -0.1) is 6.58 Å². The van der Waals surface area contributed by atoms with Gasteiger partial charge in [0.15, 0.2) is 0 Å². The van der Waals surface area contributed by atoms with E-state index in [4.69, 9.17) is 0 Å². The topological polar surface area (TPSA) is 157 Å². The van der Waals surface area contributed by atoms with Crippen molar-refractivity contribution in [1.29, 1.82) is 0 Å². The number of amides is 6. The quantitative estimate of drug-likeness (QED) is 0.163. The molecule has 0 bridgehead atoms. The molecule has 50 heavy (non-hydrogen) atoms. The second-order valence-electron chi connectivity index (χ2n) is 16.4. The molecule has 1 aromatic carbocycles. The van der Waals surface area contributed by atoms with Gasteiger partial charge in [0.2, 0.25) is 23.5 Å². The van der Waals surface area contributed by atoms with Gasteiger partial charge in [-0.25, -0.2) is 4.79 Å². The van der Waals surface area contributed by atoms with Crippen LogP contribution in [-0.2, 0) is 30.4 Å². The van der Waals surface area contributed by atoms with Crippen LogP contribution in [-0.4, -0.2) is 95.6 Å². The van der Waals surface area contributed by atoms with Crippen LogP contribution in [0.2, 0.25) is 0 Å². The SMILES string of the molecule is C=CCCC(NC(=O)[C@@H]1[C@@H]2[C@H](CN1C(=O)[C@@H](NC(=O)NC(C)(C)C)C(C)(C)C)C2(C)C)C(=O)C(=O)NCCC(=O)N(C)CCc1ccccc1. The maximum atomic E-state index is 14.1. The summed E-state index contributed by atoms with van der Waals surface area (Å²) in [7, 11) is 1.70. The molecule has 1 aromatic rings. The molecular formula is C38H58N6O6. The van der Waals surface area contributed by atoms with E-state index < -0.39 is 52.7 Å². The minimum absolute atomic E-state index is 0.0159. The van der Waals surface area contributed by atoms with Gasteiger partial charge in [0.05, 0.1) is 6.04 Å². The van der Waals surface area contributed by atoms with Crippen molar-refractivity contribution in [2.45, 2.75) is 105 Å². The summed E-state index contributed by atoms with van der Waals surface area (Å²) in [6.45, 7) is 19.7. The van der Waals surface area contributed by atoms with Crippen molar-refractivity contribution in [3.63, 3.8) is 0 Å². The first-order valence-corrected chi connectivity index (χ1v) is 17.6. The number of benzene rings is 1. The van der Waals surface area contributed by atoms with Crippen LogP contribution in [0.4, 0.5) is 4.79 Å². The summed E-state index contributed by atoms with van der Waals surface area (Å²) in [6, 6.07) is 6.35. The minimum Gasteiger partial charge on any atom is -0.349 e. The van der Waals surface area contributed by atoms with Gasteiger partial charge >= 0.3 is 6.03 Å². The second-order valence-corrected chi connectivity index (χ2v) is 16.4. The molecule has 1 aliphatic heterocycles. The number of carbonyl (C=O) groups is 6. The summed E-state index contributed by atoms with van der Waals surface area (Å²) < 4.78 is 0. The number of hydrogen-bond acceptors (Lipinski definition) is 6. The van der Waals surface area contributed by atoms with Gasteiger partial charge < -0.3 is 31.1 Å². The van der Waals surface area contributed by atoms with Gasteiger partial charge in [-0.3, -0.25) is 24.0 Å². The van der Waals surface area contributed by atoms with Crippen LogP contribution >= 0.6 is 0 Å². The van der Waals surface area contributed by atoms with Gasteiger partial charge in [-0.05, 0) is 68.3 Å². The predicted octanol–water partition coefficient (Wildman–Crippen LogP) is 3.21. The fourth-order valence-corrected chi connectivity index (χ4v) is 6.73. The number of Topliss-reactive ketones (excluding diaryl/α,β-unsaturated/α-hetero) is 1. The molecule has 2 fully saturated rings. The second kappa shape index (κ2) is 16.2. The lowest BCUT2D eigenvalue weighted by Crippen LogP contribution is -2.62. The smallest absolute Gasteiger partial charge is 0.315 e. The summed E-state index contributed by atoms with van der Waals surface area (Å²) in [5, 5.41) is 11.0. The summed E-state index contributed by atoms with van der Waals surface area (Å²) in [4.78, 5) is 83.2. The zero-order valence-electron chi connectivity index (χ0n) is 31.4. The van der Waals surface area contributed by atoms with Crippen molar-refractivity contribution in [2.75, 3.05) is 26.7 Å². The third-order valence-corrected chi connectivity index (χ3v) is 9.78. The number of rotatable bonds is 15. The van der Waals surface area contributed by atoms with Crippen LogP contribution in [0, 0.1) is 22.7 Å². The third kappa shape index (κ3) is 10.4. The van der Waals surface area contributed by atoms with Gasteiger partial charge in [0.25, 0.3) is 5.91 Å². The predicted molar refractivity (Wildman–Crippen MR) is 193 cm³/mol. The fraction of sp³-hybridized carbons (Fsp3) is 0.632. The number of likely N-dealkylation sites (tertiary alicyclic amines) is 1.